The number of rotatable bonds is 5. The van der Waals surface area contributed by atoms with Crippen molar-refractivity contribution in [2.45, 2.75) is 12.8 Å². The van der Waals surface area contributed by atoms with Crippen LogP contribution in [0.25, 0.3) is 0 Å². The number of aromatic nitrogens is 3. The summed E-state index contributed by atoms with van der Waals surface area (Å²) in [7, 11) is 1.69. The van der Waals surface area contributed by atoms with Gasteiger partial charge in [-0.1, -0.05) is 0 Å². The molecule has 3 N–H and O–H groups in total. The van der Waals surface area contributed by atoms with E-state index in [0.717, 1.165) is 25.9 Å². The van der Waals surface area contributed by atoms with Gasteiger partial charge in [-0.2, -0.15) is 5.10 Å². The largest absolute Gasteiger partial charge is 0.384 e. The van der Waals surface area contributed by atoms with Crippen molar-refractivity contribution < 1.29 is 9.53 Å². The number of methoxy groups -OCH3 is 1. The third-order valence-corrected chi connectivity index (χ3v) is 3.27. The lowest BCUT2D eigenvalue weighted by Gasteiger charge is -2.37. The number of amides is 1. The Morgan fingerprint density at radius 3 is 3.17 bits per heavy atom. The van der Waals surface area contributed by atoms with Gasteiger partial charge in [0.25, 0.3) is 5.91 Å². The van der Waals surface area contributed by atoms with Gasteiger partial charge in [-0.3, -0.25) is 9.89 Å². The molecule has 0 aliphatic carbocycles. The third-order valence-electron chi connectivity index (χ3n) is 3.27. The first-order chi connectivity index (χ1) is 8.76. The van der Waals surface area contributed by atoms with Crippen molar-refractivity contribution in [3.63, 3.8) is 0 Å². The fourth-order valence-corrected chi connectivity index (χ4v) is 2.33. The van der Waals surface area contributed by atoms with Gasteiger partial charge in [0.15, 0.2) is 0 Å². The highest BCUT2D eigenvalue weighted by Crippen LogP contribution is 2.25. The van der Waals surface area contributed by atoms with Gasteiger partial charge in [-0.25, -0.2) is 4.98 Å². The van der Waals surface area contributed by atoms with E-state index in [9.17, 15) is 4.79 Å². The Labute approximate surface area is 106 Å². The van der Waals surface area contributed by atoms with E-state index < -0.39 is 0 Å². The van der Waals surface area contributed by atoms with E-state index in [0.29, 0.717) is 13.2 Å². The first-order valence-corrected chi connectivity index (χ1v) is 6.09. The van der Waals surface area contributed by atoms with Crippen LogP contribution in [0.5, 0.6) is 0 Å². The number of carbonyl (C=O) groups is 1. The Kier molecular flexibility index (Phi) is 4.27. The lowest BCUT2D eigenvalue weighted by atomic mass is 9.81. The van der Waals surface area contributed by atoms with Gasteiger partial charge in [0.1, 0.15) is 6.33 Å². The fraction of sp³-hybridized carbons (Fsp3) is 0.727. The molecule has 18 heavy (non-hydrogen) atoms. The van der Waals surface area contributed by atoms with Crippen molar-refractivity contribution in [3.05, 3.63) is 12.2 Å². The van der Waals surface area contributed by atoms with Gasteiger partial charge in [-0.05, 0) is 19.4 Å². The van der Waals surface area contributed by atoms with Crippen LogP contribution in [0.1, 0.15) is 23.5 Å². The molecule has 1 atom stereocenters. The molecule has 1 amide bonds. The van der Waals surface area contributed by atoms with Crippen molar-refractivity contribution in [2.24, 2.45) is 5.41 Å². The number of nitrogens with one attached hydrogen (secondary N) is 3. The summed E-state index contributed by atoms with van der Waals surface area (Å²) in [5, 5.41) is 12.4. The van der Waals surface area contributed by atoms with Crippen LogP contribution in [-0.4, -0.2) is 54.4 Å². The zero-order valence-electron chi connectivity index (χ0n) is 10.5. The van der Waals surface area contributed by atoms with Gasteiger partial charge in [0.05, 0.1) is 6.61 Å². The van der Waals surface area contributed by atoms with Gasteiger partial charge >= 0.3 is 0 Å². The monoisotopic (exact) mass is 253 g/mol. The molecule has 7 nitrogen and oxygen atoms in total. The van der Waals surface area contributed by atoms with E-state index in [2.05, 4.69) is 25.8 Å². The first-order valence-electron chi connectivity index (χ1n) is 6.09. The van der Waals surface area contributed by atoms with Crippen LogP contribution in [0.2, 0.25) is 0 Å². The van der Waals surface area contributed by atoms with Crippen molar-refractivity contribution in [1.82, 2.24) is 25.8 Å². The molecule has 1 aromatic heterocycles. The van der Waals surface area contributed by atoms with E-state index in [-0.39, 0.29) is 17.1 Å². The van der Waals surface area contributed by atoms with Crippen LogP contribution in [0, 0.1) is 5.41 Å². The van der Waals surface area contributed by atoms with E-state index >= 15 is 0 Å². The SMILES string of the molecule is COCC1(CNC(=O)c2ncn[nH]2)CCCNC1. The van der Waals surface area contributed by atoms with Crippen molar-refractivity contribution in [1.29, 1.82) is 0 Å². The van der Waals surface area contributed by atoms with Crippen molar-refractivity contribution >= 4 is 5.91 Å². The maximum atomic E-state index is 11.8. The Morgan fingerprint density at radius 1 is 1.67 bits per heavy atom. The smallest absolute Gasteiger partial charge is 0.288 e. The van der Waals surface area contributed by atoms with Crippen molar-refractivity contribution in [2.75, 3.05) is 33.4 Å². The molecule has 2 heterocycles. The lowest BCUT2D eigenvalue weighted by Crippen LogP contribution is -2.50. The minimum absolute atomic E-state index is 0.0251. The molecule has 7 heteroatoms. The van der Waals surface area contributed by atoms with Gasteiger partial charge < -0.3 is 15.4 Å². The van der Waals surface area contributed by atoms with Gasteiger partial charge in [-0.15, -0.1) is 0 Å². The zero-order chi connectivity index (χ0) is 12.8. The lowest BCUT2D eigenvalue weighted by molar-refractivity contribution is 0.0549. The summed E-state index contributed by atoms with van der Waals surface area (Å²) < 4.78 is 5.28. The molecule has 2 rings (SSSR count). The summed E-state index contributed by atoms with van der Waals surface area (Å²) in [6.45, 7) is 3.10. The molecule has 1 unspecified atom stereocenters. The summed E-state index contributed by atoms with van der Waals surface area (Å²) in [5.41, 5.74) is -0.0251. The molecule has 1 aliphatic heterocycles. The summed E-state index contributed by atoms with van der Waals surface area (Å²) >= 11 is 0. The highest BCUT2D eigenvalue weighted by atomic mass is 16.5. The summed E-state index contributed by atoms with van der Waals surface area (Å²) in [5.74, 6) is 0.0138. The summed E-state index contributed by atoms with van der Waals surface area (Å²) in [6, 6.07) is 0. The van der Waals surface area contributed by atoms with Crippen LogP contribution in [-0.2, 0) is 4.74 Å². The molecule has 0 spiro atoms. The molecular weight excluding hydrogens is 234 g/mol. The number of aromatic amines is 1. The van der Waals surface area contributed by atoms with Gasteiger partial charge in [0.2, 0.25) is 5.82 Å². The molecular formula is C11H19N5O2. The number of H-pyrrole nitrogens is 1. The minimum atomic E-state index is -0.228. The molecule has 1 aliphatic rings. The number of carbonyl (C=O) groups excluding carboxylic acids is 1. The standard InChI is InChI=1S/C11H19N5O2/c1-18-7-11(3-2-4-12-5-11)6-13-10(17)9-14-8-15-16-9/h8,12H,2-7H2,1H3,(H,13,17)(H,14,15,16). The number of ether oxygens (including phenoxy) is 1. The van der Waals surface area contributed by atoms with Crippen LogP contribution in [0.3, 0.4) is 0 Å². The number of nitrogens with zero attached hydrogens (tertiary/aromatic N) is 2. The van der Waals surface area contributed by atoms with E-state index in [1.165, 1.54) is 6.33 Å². The molecule has 0 saturated carbocycles. The fourth-order valence-electron chi connectivity index (χ4n) is 2.33. The average Bonchev–Trinajstić information content (AvgIpc) is 2.91. The normalized spacial score (nSPS) is 23.8. The van der Waals surface area contributed by atoms with Crippen LogP contribution in [0.4, 0.5) is 0 Å². The summed E-state index contributed by atoms with van der Waals surface area (Å²) in [6.07, 6.45) is 3.47. The predicted octanol–water partition coefficient (Wildman–Crippen LogP) is -0.449. The second-order valence-corrected chi connectivity index (χ2v) is 4.73. The van der Waals surface area contributed by atoms with E-state index in [1.54, 1.807) is 7.11 Å². The van der Waals surface area contributed by atoms with Crippen molar-refractivity contribution in [3.8, 4) is 0 Å². The first kappa shape index (κ1) is 13.0. The van der Waals surface area contributed by atoms with E-state index in [4.69, 9.17) is 4.74 Å². The number of hydrogen-bond acceptors (Lipinski definition) is 5. The third kappa shape index (κ3) is 3.05. The quantitative estimate of drug-likeness (QED) is 0.661. The summed E-state index contributed by atoms with van der Waals surface area (Å²) in [4.78, 5) is 15.6. The Bertz CT molecular complexity index is 367. The van der Waals surface area contributed by atoms with Crippen LogP contribution in [0.15, 0.2) is 6.33 Å². The molecule has 0 radical (unpaired) electrons. The average molecular weight is 253 g/mol. The maximum Gasteiger partial charge on any atom is 0.288 e. The molecule has 0 aromatic carbocycles. The molecule has 1 saturated heterocycles. The van der Waals surface area contributed by atoms with E-state index in [1.807, 2.05) is 0 Å². The second kappa shape index (κ2) is 5.92. The molecule has 1 aromatic rings. The Hall–Kier alpha value is -1.47. The van der Waals surface area contributed by atoms with Crippen LogP contribution >= 0.6 is 0 Å². The molecule has 100 valence electrons. The predicted molar refractivity (Wildman–Crippen MR) is 65.1 cm³/mol. The number of hydrogen-bond donors (Lipinski definition) is 3. The highest BCUT2D eigenvalue weighted by molar-refractivity contribution is 5.90. The Morgan fingerprint density at radius 2 is 2.56 bits per heavy atom. The minimum Gasteiger partial charge on any atom is -0.384 e. The topological polar surface area (TPSA) is 91.9 Å². The zero-order valence-corrected chi connectivity index (χ0v) is 10.5. The second-order valence-electron chi connectivity index (χ2n) is 4.73. The van der Waals surface area contributed by atoms with Gasteiger partial charge in [0, 0.05) is 25.6 Å². The molecule has 1 fully saturated rings. The maximum absolute atomic E-state index is 11.8. The molecule has 0 bridgehead atoms. The number of piperidine rings is 1. The highest BCUT2D eigenvalue weighted by Gasteiger charge is 2.32. The van der Waals surface area contributed by atoms with Crippen LogP contribution < -0.4 is 10.6 Å². The Balaban J connectivity index is 1.91.